The lowest BCUT2D eigenvalue weighted by Crippen LogP contribution is -2.37. The molecule has 1 heterocycles. The van der Waals surface area contributed by atoms with Crippen molar-refractivity contribution in [3.05, 3.63) is 63.5 Å². The third-order valence-electron chi connectivity index (χ3n) is 4.38. The summed E-state index contributed by atoms with van der Waals surface area (Å²) >= 11 is 0. The predicted molar refractivity (Wildman–Crippen MR) is 104 cm³/mol. The number of carbonyl (C=O) groups is 1. The third kappa shape index (κ3) is 4.22. The Kier molecular flexibility index (Phi) is 5.49. The molecular formula is C20H21N6O2-. The lowest BCUT2D eigenvalue weighted by Gasteiger charge is -2.26. The molecule has 0 aromatic heterocycles. The molecule has 0 atom stereocenters. The highest BCUT2D eigenvalue weighted by Crippen LogP contribution is 2.21. The smallest absolute Gasteiger partial charge is 0.243 e. The summed E-state index contributed by atoms with van der Waals surface area (Å²) in [5.74, 6) is -0.0980. The fourth-order valence-corrected chi connectivity index (χ4v) is 3.09. The SMILES string of the molecule is Cc1cc(C)c(NC(=O)CN(C)C([O-])=c2ccc(=C3N=NN=N3)cc2)c(C)c1. The van der Waals surface area contributed by atoms with Crippen molar-refractivity contribution in [2.24, 2.45) is 20.7 Å². The first kappa shape index (κ1) is 19.2. The van der Waals surface area contributed by atoms with Gasteiger partial charge in [0.2, 0.25) is 11.7 Å². The summed E-state index contributed by atoms with van der Waals surface area (Å²) in [7, 11) is 1.60. The molecule has 8 nitrogen and oxygen atoms in total. The molecule has 0 bridgehead atoms. The van der Waals surface area contributed by atoms with Crippen molar-refractivity contribution < 1.29 is 9.90 Å². The normalized spacial score (nSPS) is 12.4. The Morgan fingerprint density at radius 2 is 1.61 bits per heavy atom. The summed E-state index contributed by atoms with van der Waals surface area (Å²) < 4.78 is 0. The fourth-order valence-electron chi connectivity index (χ4n) is 3.09. The molecule has 0 radical (unpaired) electrons. The Morgan fingerprint density at radius 3 is 2.18 bits per heavy atom. The van der Waals surface area contributed by atoms with Gasteiger partial charge < -0.3 is 15.3 Å². The number of amides is 1. The first-order valence-electron chi connectivity index (χ1n) is 8.77. The topological polar surface area (TPSA) is 105 Å². The number of likely N-dealkylation sites (N-methyl/N-ethyl adjacent to an activating group) is 1. The molecule has 3 rings (SSSR count). The van der Waals surface area contributed by atoms with Gasteiger partial charge in [-0.2, -0.15) is 0 Å². The molecule has 144 valence electrons. The van der Waals surface area contributed by atoms with Crippen LogP contribution in [0.25, 0.3) is 11.7 Å². The number of nitrogens with zero attached hydrogens (tertiary/aromatic N) is 5. The van der Waals surface area contributed by atoms with Gasteiger partial charge in [-0.05, 0) is 53.4 Å². The molecule has 1 aliphatic heterocycles. The lowest BCUT2D eigenvalue weighted by atomic mass is 10.1. The van der Waals surface area contributed by atoms with Gasteiger partial charge in [-0.1, -0.05) is 42.0 Å². The Bertz CT molecular complexity index is 1040. The van der Waals surface area contributed by atoms with E-state index in [1.54, 1.807) is 31.3 Å². The average molecular weight is 377 g/mol. The Morgan fingerprint density at radius 1 is 1.04 bits per heavy atom. The zero-order valence-corrected chi connectivity index (χ0v) is 16.2. The lowest BCUT2D eigenvalue weighted by molar-refractivity contribution is -0.270. The molecule has 28 heavy (non-hydrogen) atoms. The molecule has 2 aromatic carbocycles. The molecule has 0 saturated carbocycles. The van der Waals surface area contributed by atoms with Gasteiger partial charge in [-0.25, -0.2) is 0 Å². The Labute approximate surface area is 162 Å². The van der Waals surface area contributed by atoms with E-state index < -0.39 is 0 Å². The standard InChI is InChI=1S/C20H22N6O2/c1-12-9-13(2)18(14(3)10-12)21-17(27)11-26(4)20(28)16-7-5-15(6-8-16)19-22-24-25-23-19/h5-10,28H,11H2,1-4H3,(H,21,27)/p-1. The van der Waals surface area contributed by atoms with Crippen LogP contribution in [0.4, 0.5) is 5.69 Å². The molecule has 1 N–H and O–H groups in total. The largest absolute Gasteiger partial charge is 0.860 e. The van der Waals surface area contributed by atoms with Crippen LogP contribution in [0.15, 0.2) is 57.1 Å². The van der Waals surface area contributed by atoms with Crippen LogP contribution in [-0.2, 0) is 4.79 Å². The highest BCUT2D eigenvalue weighted by Gasteiger charge is 2.10. The van der Waals surface area contributed by atoms with Crippen molar-refractivity contribution in [3.8, 4) is 0 Å². The van der Waals surface area contributed by atoms with Gasteiger partial charge in [0.1, 0.15) is 0 Å². The van der Waals surface area contributed by atoms with Crippen LogP contribution in [0.5, 0.6) is 0 Å². The second-order valence-electron chi connectivity index (χ2n) is 6.76. The second-order valence-corrected chi connectivity index (χ2v) is 6.76. The highest BCUT2D eigenvalue weighted by molar-refractivity contribution is 5.94. The molecule has 8 heteroatoms. The molecule has 0 aliphatic carbocycles. The summed E-state index contributed by atoms with van der Waals surface area (Å²) in [6.07, 6.45) is 0. The zero-order chi connectivity index (χ0) is 20.3. The predicted octanol–water partition coefficient (Wildman–Crippen LogP) is 1.51. The quantitative estimate of drug-likeness (QED) is 0.873. The number of rotatable bonds is 4. The van der Waals surface area contributed by atoms with Crippen molar-refractivity contribution in [1.82, 2.24) is 4.90 Å². The first-order chi connectivity index (χ1) is 13.3. The van der Waals surface area contributed by atoms with Gasteiger partial charge >= 0.3 is 0 Å². The van der Waals surface area contributed by atoms with Crippen LogP contribution in [-0.4, -0.2) is 24.4 Å². The average Bonchev–Trinajstić information content (AvgIpc) is 3.19. The van der Waals surface area contributed by atoms with E-state index in [-0.39, 0.29) is 18.3 Å². The van der Waals surface area contributed by atoms with E-state index in [0.717, 1.165) is 22.4 Å². The van der Waals surface area contributed by atoms with Gasteiger partial charge in [-0.3, -0.25) is 4.79 Å². The molecule has 2 aromatic rings. The molecule has 0 unspecified atom stereocenters. The zero-order valence-electron chi connectivity index (χ0n) is 16.2. The van der Waals surface area contributed by atoms with Crippen LogP contribution in [0.1, 0.15) is 16.7 Å². The third-order valence-corrected chi connectivity index (χ3v) is 4.38. The van der Waals surface area contributed by atoms with E-state index in [4.69, 9.17) is 0 Å². The van der Waals surface area contributed by atoms with Gasteiger partial charge in [0.25, 0.3) is 0 Å². The second kappa shape index (κ2) is 7.99. The molecule has 1 aliphatic rings. The first-order valence-corrected chi connectivity index (χ1v) is 8.77. The summed E-state index contributed by atoms with van der Waals surface area (Å²) in [6.45, 7) is 5.87. The maximum atomic E-state index is 12.6. The summed E-state index contributed by atoms with van der Waals surface area (Å²) in [5, 5.41) is 31.1. The number of aryl methyl sites for hydroxylation is 3. The number of hydrogen-bond acceptors (Lipinski definition) is 7. The van der Waals surface area contributed by atoms with Crippen LogP contribution in [0, 0.1) is 20.8 Å². The van der Waals surface area contributed by atoms with Crippen molar-refractivity contribution in [2.45, 2.75) is 20.8 Å². The minimum absolute atomic E-state index is 0.0485. The van der Waals surface area contributed by atoms with E-state index in [1.165, 1.54) is 4.90 Å². The van der Waals surface area contributed by atoms with Gasteiger partial charge in [0.05, 0.1) is 6.54 Å². The van der Waals surface area contributed by atoms with Crippen molar-refractivity contribution in [2.75, 3.05) is 18.9 Å². The van der Waals surface area contributed by atoms with E-state index >= 15 is 0 Å². The van der Waals surface area contributed by atoms with Crippen LogP contribution < -0.4 is 20.9 Å². The van der Waals surface area contributed by atoms with Gasteiger partial charge in [0.15, 0.2) is 0 Å². The maximum absolute atomic E-state index is 12.6. The van der Waals surface area contributed by atoms with Crippen LogP contribution >= 0.6 is 0 Å². The minimum atomic E-state index is -0.251. The Balaban J connectivity index is 1.75. The maximum Gasteiger partial charge on any atom is 0.243 e. The van der Waals surface area contributed by atoms with Crippen LogP contribution in [0.3, 0.4) is 0 Å². The monoisotopic (exact) mass is 377 g/mol. The highest BCUT2D eigenvalue weighted by atomic mass is 16.3. The number of anilines is 1. The fraction of sp³-hybridized carbons (Fsp3) is 0.250. The number of carbonyl (C=O) groups excluding carboxylic acids is 1. The van der Waals surface area contributed by atoms with Gasteiger partial charge in [0, 0.05) is 18.0 Å². The molecule has 0 fully saturated rings. The minimum Gasteiger partial charge on any atom is -0.860 e. The van der Waals surface area contributed by atoms with Crippen molar-refractivity contribution >= 4 is 23.3 Å². The molecule has 1 amide bonds. The summed E-state index contributed by atoms with van der Waals surface area (Å²) in [6, 6.07) is 10.8. The van der Waals surface area contributed by atoms with E-state index in [0.29, 0.717) is 16.3 Å². The molecular weight excluding hydrogens is 356 g/mol. The van der Waals surface area contributed by atoms with Crippen molar-refractivity contribution in [3.63, 3.8) is 0 Å². The van der Waals surface area contributed by atoms with E-state index in [9.17, 15) is 9.90 Å². The summed E-state index contributed by atoms with van der Waals surface area (Å²) in [4.78, 5) is 13.8. The Hall–Kier alpha value is -3.55. The van der Waals surface area contributed by atoms with Crippen molar-refractivity contribution in [1.29, 1.82) is 0 Å². The van der Waals surface area contributed by atoms with E-state index in [1.807, 2.05) is 32.9 Å². The van der Waals surface area contributed by atoms with E-state index in [2.05, 4.69) is 26.0 Å². The molecule has 0 saturated heterocycles. The summed E-state index contributed by atoms with van der Waals surface area (Å²) in [5.41, 5.74) is 3.92. The number of benzene rings is 2. The molecule has 0 spiro atoms. The number of nitrogens with one attached hydrogen (secondary N) is 1. The number of hydrogen-bond donors (Lipinski definition) is 1. The van der Waals surface area contributed by atoms with Crippen LogP contribution in [0.2, 0.25) is 0 Å². The van der Waals surface area contributed by atoms with Gasteiger partial charge in [-0.15, -0.1) is 10.2 Å².